The average Bonchev–Trinajstić information content (AvgIpc) is 2.55. The van der Waals surface area contributed by atoms with Crippen LogP contribution in [0.2, 0.25) is 0 Å². The Morgan fingerprint density at radius 2 is 1.48 bits per heavy atom. The summed E-state index contributed by atoms with van der Waals surface area (Å²) in [6.07, 6.45) is 1.19. The van der Waals surface area contributed by atoms with Crippen LogP contribution >= 0.6 is 0 Å². The number of rotatable bonds is 3. The van der Waals surface area contributed by atoms with Gasteiger partial charge >= 0.3 is 11.9 Å². The molecule has 0 aliphatic heterocycles. The first-order valence-corrected chi connectivity index (χ1v) is 7.32. The fourth-order valence-corrected chi connectivity index (χ4v) is 3.14. The first-order valence-electron chi connectivity index (χ1n) is 7.32. The van der Waals surface area contributed by atoms with E-state index in [-0.39, 0.29) is 11.3 Å². The fourth-order valence-electron chi connectivity index (χ4n) is 3.14. The Morgan fingerprint density at radius 3 is 2.04 bits per heavy atom. The van der Waals surface area contributed by atoms with Crippen molar-refractivity contribution in [3.8, 4) is 17.2 Å². The second-order valence-corrected chi connectivity index (χ2v) is 5.76. The van der Waals surface area contributed by atoms with E-state index in [0.29, 0.717) is 16.7 Å². The summed E-state index contributed by atoms with van der Waals surface area (Å²) in [6.45, 7) is 0. The average molecular weight is 342 g/mol. The summed E-state index contributed by atoms with van der Waals surface area (Å²) in [4.78, 5) is 23.4. The molecule has 0 unspecified atom stereocenters. The molecule has 1 aliphatic carbocycles. The Labute approximate surface area is 141 Å². The lowest BCUT2D eigenvalue weighted by Gasteiger charge is -2.31. The third-order valence-electron chi connectivity index (χ3n) is 4.26. The minimum atomic E-state index is -1.39. The minimum Gasteiger partial charge on any atom is -0.508 e. The van der Waals surface area contributed by atoms with Gasteiger partial charge in [-0.1, -0.05) is 12.1 Å². The Bertz CT molecular complexity index is 896. The summed E-state index contributed by atoms with van der Waals surface area (Å²) in [5, 5.41) is 48.0. The van der Waals surface area contributed by atoms with Crippen molar-refractivity contribution in [1.82, 2.24) is 0 Å². The molecule has 0 heterocycles. The lowest BCUT2D eigenvalue weighted by Crippen LogP contribution is -2.31. The molecule has 0 saturated carbocycles. The number of hydrogen-bond acceptors (Lipinski definition) is 5. The molecule has 0 bridgehead atoms. The van der Waals surface area contributed by atoms with Crippen molar-refractivity contribution in [3.63, 3.8) is 0 Å². The van der Waals surface area contributed by atoms with E-state index in [1.807, 2.05) is 0 Å². The quantitative estimate of drug-likeness (QED) is 0.539. The molecular formula is C18H14O7. The SMILES string of the molecule is O=C(O)C1=Cc2cc(O)c(O)cc2[C@@H](c2ccc(O)cc2)[C@@H]1C(=O)O. The predicted octanol–water partition coefficient (Wildman–Crippen LogP) is 2.12. The maximum atomic E-state index is 11.8. The number of hydrogen-bond donors (Lipinski definition) is 5. The number of benzene rings is 2. The summed E-state index contributed by atoms with van der Waals surface area (Å²) < 4.78 is 0. The van der Waals surface area contributed by atoms with Gasteiger partial charge in [-0.25, -0.2) is 4.79 Å². The van der Waals surface area contributed by atoms with E-state index in [4.69, 9.17) is 0 Å². The van der Waals surface area contributed by atoms with Gasteiger partial charge in [0.25, 0.3) is 0 Å². The highest BCUT2D eigenvalue weighted by molar-refractivity contribution is 6.00. The van der Waals surface area contributed by atoms with Crippen LogP contribution in [0.25, 0.3) is 6.08 Å². The summed E-state index contributed by atoms with van der Waals surface area (Å²) >= 11 is 0. The van der Waals surface area contributed by atoms with Gasteiger partial charge in [0.15, 0.2) is 11.5 Å². The highest BCUT2D eigenvalue weighted by Crippen LogP contribution is 2.46. The van der Waals surface area contributed by atoms with Gasteiger partial charge in [-0.2, -0.15) is 0 Å². The Morgan fingerprint density at radius 1 is 0.880 bits per heavy atom. The van der Waals surface area contributed by atoms with Crippen LogP contribution in [0.15, 0.2) is 42.0 Å². The number of phenolic OH excluding ortho intramolecular Hbond substituents is 3. The first-order chi connectivity index (χ1) is 11.8. The van der Waals surface area contributed by atoms with E-state index < -0.39 is 35.3 Å². The zero-order valence-corrected chi connectivity index (χ0v) is 12.7. The molecule has 0 spiro atoms. The van der Waals surface area contributed by atoms with E-state index in [1.165, 1.54) is 42.5 Å². The monoisotopic (exact) mass is 342 g/mol. The van der Waals surface area contributed by atoms with Crippen molar-refractivity contribution in [1.29, 1.82) is 0 Å². The molecule has 128 valence electrons. The molecule has 2 aromatic carbocycles. The second kappa shape index (κ2) is 5.86. The molecular weight excluding hydrogens is 328 g/mol. The standard InChI is InChI=1S/C18H14O7/c19-10-3-1-8(2-4-10)15-11-7-14(21)13(20)6-9(11)5-12(17(22)23)16(15)18(24)25/h1-7,15-16,19-21H,(H,22,23)(H,24,25)/t15-,16-/m1/s1. The molecule has 7 heteroatoms. The highest BCUT2D eigenvalue weighted by atomic mass is 16.4. The third kappa shape index (κ3) is 2.76. The van der Waals surface area contributed by atoms with Crippen molar-refractivity contribution >= 4 is 18.0 Å². The molecule has 3 rings (SSSR count). The summed E-state index contributed by atoms with van der Waals surface area (Å²) in [5.41, 5.74) is 0.813. The number of aliphatic carboxylic acids is 2. The summed E-state index contributed by atoms with van der Waals surface area (Å²) in [7, 11) is 0. The maximum Gasteiger partial charge on any atom is 0.332 e. The summed E-state index contributed by atoms with van der Waals surface area (Å²) in [6, 6.07) is 8.15. The lowest BCUT2D eigenvalue weighted by atomic mass is 9.71. The van der Waals surface area contributed by atoms with Crippen molar-refractivity contribution in [2.24, 2.45) is 5.92 Å². The number of carbonyl (C=O) groups is 2. The molecule has 0 saturated heterocycles. The van der Waals surface area contributed by atoms with Crippen molar-refractivity contribution in [2.75, 3.05) is 0 Å². The van der Waals surface area contributed by atoms with Crippen LogP contribution < -0.4 is 0 Å². The van der Waals surface area contributed by atoms with Gasteiger partial charge in [0.05, 0.1) is 11.5 Å². The molecule has 5 N–H and O–H groups in total. The largest absolute Gasteiger partial charge is 0.508 e. The Kier molecular flexibility index (Phi) is 3.84. The molecule has 2 atom stereocenters. The Hall–Kier alpha value is -3.48. The fraction of sp³-hybridized carbons (Fsp3) is 0.111. The van der Waals surface area contributed by atoms with E-state index in [2.05, 4.69) is 0 Å². The lowest BCUT2D eigenvalue weighted by molar-refractivity contribution is -0.144. The van der Waals surface area contributed by atoms with E-state index in [1.54, 1.807) is 0 Å². The van der Waals surface area contributed by atoms with Gasteiger partial charge in [0, 0.05) is 5.92 Å². The van der Waals surface area contributed by atoms with Gasteiger partial charge < -0.3 is 25.5 Å². The zero-order chi connectivity index (χ0) is 18.3. The van der Waals surface area contributed by atoms with Crippen LogP contribution in [-0.4, -0.2) is 37.5 Å². The van der Waals surface area contributed by atoms with Crippen LogP contribution in [0.1, 0.15) is 22.6 Å². The smallest absolute Gasteiger partial charge is 0.332 e. The predicted molar refractivity (Wildman–Crippen MR) is 86.5 cm³/mol. The van der Waals surface area contributed by atoms with Gasteiger partial charge in [0.1, 0.15) is 5.75 Å². The molecule has 7 nitrogen and oxygen atoms in total. The highest BCUT2D eigenvalue weighted by Gasteiger charge is 2.41. The Balaban J connectivity index is 2.31. The molecule has 25 heavy (non-hydrogen) atoms. The molecule has 1 aliphatic rings. The van der Waals surface area contributed by atoms with Crippen LogP contribution in [0, 0.1) is 5.92 Å². The normalized spacial score (nSPS) is 19.0. The number of aromatic hydroxyl groups is 3. The van der Waals surface area contributed by atoms with Gasteiger partial charge in [-0.05, 0) is 47.0 Å². The zero-order valence-electron chi connectivity index (χ0n) is 12.7. The number of carboxylic acids is 2. The van der Waals surface area contributed by atoms with Crippen molar-refractivity contribution in [3.05, 3.63) is 58.7 Å². The first kappa shape index (κ1) is 16.4. The molecule has 0 fully saturated rings. The minimum absolute atomic E-state index is 0.0192. The van der Waals surface area contributed by atoms with Crippen molar-refractivity contribution in [2.45, 2.75) is 5.92 Å². The van der Waals surface area contributed by atoms with Crippen LogP contribution in [0.5, 0.6) is 17.2 Å². The van der Waals surface area contributed by atoms with E-state index in [0.717, 1.165) is 0 Å². The maximum absolute atomic E-state index is 11.8. The second-order valence-electron chi connectivity index (χ2n) is 5.76. The third-order valence-corrected chi connectivity index (χ3v) is 4.26. The number of phenols is 3. The number of carboxylic acid groups (broad SMARTS) is 2. The van der Waals surface area contributed by atoms with Crippen LogP contribution in [0.4, 0.5) is 0 Å². The van der Waals surface area contributed by atoms with Gasteiger partial charge in [-0.15, -0.1) is 0 Å². The van der Waals surface area contributed by atoms with E-state index in [9.17, 15) is 35.1 Å². The summed E-state index contributed by atoms with van der Waals surface area (Å²) in [5.74, 6) is -5.89. The molecule has 0 radical (unpaired) electrons. The molecule has 2 aromatic rings. The van der Waals surface area contributed by atoms with Crippen LogP contribution in [0.3, 0.4) is 0 Å². The number of fused-ring (bicyclic) bond motifs is 1. The van der Waals surface area contributed by atoms with Gasteiger partial charge in [-0.3, -0.25) is 4.79 Å². The molecule has 0 amide bonds. The molecule has 0 aromatic heterocycles. The van der Waals surface area contributed by atoms with Gasteiger partial charge in [0.2, 0.25) is 0 Å². The van der Waals surface area contributed by atoms with E-state index >= 15 is 0 Å². The van der Waals surface area contributed by atoms with Crippen molar-refractivity contribution < 1.29 is 35.1 Å². The van der Waals surface area contributed by atoms with Crippen LogP contribution in [-0.2, 0) is 9.59 Å². The topological polar surface area (TPSA) is 135 Å².